The SMILES string of the molecule is OCCC12COC(c3ccc(F)cc3)N1[C@H](c1ccc(F)cc1)OC2. The zero-order valence-corrected chi connectivity index (χ0v) is 13.6. The number of nitrogens with zero attached hydrogens (tertiary/aromatic N) is 1. The van der Waals surface area contributed by atoms with Crippen LogP contribution in [0.5, 0.6) is 0 Å². The Balaban J connectivity index is 1.72. The summed E-state index contributed by atoms with van der Waals surface area (Å²) in [5.41, 5.74) is 1.19. The number of ether oxygens (including phenoxy) is 2. The third-order valence-electron chi connectivity index (χ3n) is 4.96. The van der Waals surface area contributed by atoms with Crippen molar-refractivity contribution in [3.8, 4) is 0 Å². The minimum Gasteiger partial charge on any atom is -0.396 e. The van der Waals surface area contributed by atoms with E-state index in [1.807, 2.05) is 0 Å². The Labute approximate surface area is 144 Å². The Morgan fingerprint density at radius 3 is 1.72 bits per heavy atom. The van der Waals surface area contributed by atoms with Gasteiger partial charge < -0.3 is 14.6 Å². The van der Waals surface area contributed by atoms with Gasteiger partial charge >= 0.3 is 0 Å². The highest BCUT2D eigenvalue weighted by atomic mass is 19.1. The average Bonchev–Trinajstić information content (AvgIpc) is 3.14. The molecular weight excluding hydrogens is 328 g/mol. The predicted octanol–water partition coefficient (Wildman–Crippen LogP) is 3.15. The van der Waals surface area contributed by atoms with Gasteiger partial charge in [0.05, 0.1) is 18.8 Å². The molecule has 2 aliphatic heterocycles. The van der Waals surface area contributed by atoms with Crippen LogP contribution in [0.3, 0.4) is 0 Å². The van der Waals surface area contributed by atoms with Gasteiger partial charge in [0.2, 0.25) is 0 Å². The summed E-state index contributed by atoms with van der Waals surface area (Å²) in [6.07, 6.45) is -0.322. The van der Waals surface area contributed by atoms with Gasteiger partial charge in [-0.1, -0.05) is 24.3 Å². The normalized spacial score (nSPS) is 29.1. The number of rotatable bonds is 4. The minimum atomic E-state index is -0.452. The van der Waals surface area contributed by atoms with Crippen LogP contribution in [0.2, 0.25) is 0 Å². The zero-order valence-electron chi connectivity index (χ0n) is 13.6. The van der Waals surface area contributed by atoms with Crippen LogP contribution in [-0.4, -0.2) is 35.4 Å². The van der Waals surface area contributed by atoms with Crippen LogP contribution in [0.4, 0.5) is 8.78 Å². The van der Waals surface area contributed by atoms with E-state index in [0.717, 1.165) is 11.1 Å². The van der Waals surface area contributed by atoms with Gasteiger partial charge in [-0.05, 0) is 41.8 Å². The van der Waals surface area contributed by atoms with Gasteiger partial charge in [-0.15, -0.1) is 0 Å². The molecule has 0 spiro atoms. The highest BCUT2D eigenvalue weighted by Crippen LogP contribution is 2.50. The molecule has 4 nitrogen and oxygen atoms in total. The van der Waals surface area contributed by atoms with E-state index in [-0.39, 0.29) is 18.2 Å². The first-order valence-electron chi connectivity index (χ1n) is 8.26. The number of hydrogen-bond donors (Lipinski definition) is 1. The molecule has 0 radical (unpaired) electrons. The second-order valence-corrected chi connectivity index (χ2v) is 6.54. The number of aliphatic hydroxyl groups is 1. The number of hydrogen-bond acceptors (Lipinski definition) is 4. The minimum absolute atomic E-state index is 0.00942. The molecule has 25 heavy (non-hydrogen) atoms. The molecule has 0 saturated carbocycles. The summed E-state index contributed by atoms with van der Waals surface area (Å²) in [7, 11) is 0. The van der Waals surface area contributed by atoms with Crippen molar-refractivity contribution in [3.05, 3.63) is 71.3 Å². The maximum Gasteiger partial charge on any atom is 0.139 e. The molecule has 2 fully saturated rings. The molecule has 2 saturated heterocycles. The lowest BCUT2D eigenvalue weighted by Gasteiger charge is -2.34. The van der Waals surface area contributed by atoms with Gasteiger partial charge in [-0.25, -0.2) is 13.7 Å². The van der Waals surface area contributed by atoms with E-state index >= 15 is 0 Å². The van der Waals surface area contributed by atoms with Crippen LogP contribution in [-0.2, 0) is 9.47 Å². The first-order chi connectivity index (χ1) is 12.1. The van der Waals surface area contributed by atoms with E-state index in [9.17, 15) is 13.9 Å². The van der Waals surface area contributed by atoms with Crippen LogP contribution in [0, 0.1) is 11.6 Å². The molecule has 0 bridgehead atoms. The summed E-state index contributed by atoms with van der Waals surface area (Å²) in [6, 6.07) is 12.3. The van der Waals surface area contributed by atoms with E-state index in [4.69, 9.17) is 9.47 Å². The van der Waals surface area contributed by atoms with Crippen molar-refractivity contribution in [2.75, 3.05) is 19.8 Å². The lowest BCUT2D eigenvalue weighted by atomic mass is 9.96. The summed E-state index contributed by atoms with van der Waals surface area (Å²) in [5.74, 6) is -0.618. The smallest absolute Gasteiger partial charge is 0.139 e. The van der Waals surface area contributed by atoms with E-state index in [2.05, 4.69) is 4.90 Å². The van der Waals surface area contributed by atoms with Crippen molar-refractivity contribution in [1.29, 1.82) is 0 Å². The van der Waals surface area contributed by atoms with Gasteiger partial charge in [0.25, 0.3) is 0 Å². The fourth-order valence-electron chi connectivity index (χ4n) is 3.69. The van der Waals surface area contributed by atoms with Crippen LogP contribution in [0.15, 0.2) is 48.5 Å². The molecule has 0 aliphatic carbocycles. The average molecular weight is 347 g/mol. The number of fused-ring (bicyclic) bond motifs is 1. The van der Waals surface area contributed by atoms with E-state index < -0.39 is 18.0 Å². The second-order valence-electron chi connectivity index (χ2n) is 6.54. The molecule has 0 aromatic heterocycles. The topological polar surface area (TPSA) is 41.9 Å². The Kier molecular flexibility index (Phi) is 4.29. The molecule has 0 amide bonds. The molecule has 3 atom stereocenters. The molecule has 1 N–H and O–H groups in total. The maximum absolute atomic E-state index is 13.3. The van der Waals surface area contributed by atoms with Gasteiger partial charge in [-0.2, -0.15) is 0 Å². The Morgan fingerprint density at radius 1 is 0.880 bits per heavy atom. The first kappa shape index (κ1) is 16.6. The largest absolute Gasteiger partial charge is 0.396 e. The second kappa shape index (κ2) is 6.46. The summed E-state index contributed by atoms with van der Waals surface area (Å²) < 4.78 is 38.6. The molecule has 132 valence electrons. The summed E-state index contributed by atoms with van der Waals surface area (Å²) >= 11 is 0. The molecule has 2 aromatic carbocycles. The highest BCUT2D eigenvalue weighted by molar-refractivity contribution is 5.25. The van der Waals surface area contributed by atoms with E-state index in [1.54, 1.807) is 24.3 Å². The zero-order chi connectivity index (χ0) is 17.4. The summed E-state index contributed by atoms with van der Waals surface area (Å²) in [4.78, 5) is 2.07. The third-order valence-corrected chi connectivity index (χ3v) is 4.96. The Hall–Kier alpha value is -1.86. The molecule has 4 rings (SSSR count). The lowest BCUT2D eigenvalue weighted by Crippen LogP contribution is -2.45. The van der Waals surface area contributed by atoms with Crippen molar-refractivity contribution in [2.45, 2.75) is 24.4 Å². The van der Waals surface area contributed by atoms with Gasteiger partial charge in [-0.3, -0.25) is 0 Å². The highest BCUT2D eigenvalue weighted by Gasteiger charge is 2.56. The molecule has 2 unspecified atom stereocenters. The lowest BCUT2D eigenvalue weighted by molar-refractivity contribution is -0.0623. The van der Waals surface area contributed by atoms with Crippen molar-refractivity contribution in [1.82, 2.24) is 4.90 Å². The van der Waals surface area contributed by atoms with Gasteiger partial charge in [0, 0.05) is 6.61 Å². The van der Waals surface area contributed by atoms with E-state index in [1.165, 1.54) is 24.3 Å². The Morgan fingerprint density at radius 2 is 1.32 bits per heavy atom. The maximum atomic E-state index is 13.3. The number of benzene rings is 2. The number of aliphatic hydroxyl groups excluding tert-OH is 1. The molecule has 2 aliphatic rings. The van der Waals surface area contributed by atoms with Crippen LogP contribution >= 0.6 is 0 Å². The van der Waals surface area contributed by atoms with Crippen LogP contribution in [0.25, 0.3) is 0 Å². The van der Waals surface area contributed by atoms with Crippen molar-refractivity contribution >= 4 is 0 Å². The van der Waals surface area contributed by atoms with Crippen LogP contribution in [0.1, 0.15) is 30.0 Å². The van der Waals surface area contributed by atoms with E-state index in [0.29, 0.717) is 19.6 Å². The summed E-state index contributed by atoms with van der Waals surface area (Å²) in [5, 5.41) is 9.52. The van der Waals surface area contributed by atoms with Crippen molar-refractivity contribution < 1.29 is 23.4 Å². The number of halogens is 2. The fraction of sp³-hybridized carbons (Fsp3) is 0.368. The standard InChI is InChI=1S/C19H19F2NO3/c20-15-5-1-13(2-6-15)17-22-18(14-3-7-16(21)8-4-14)25-12-19(22,9-10-23)11-24-17/h1-8,17-18,23H,9-12H2/t17-,18?,19?/m0/s1. The molecule has 2 heterocycles. The Bertz CT molecular complexity index is 678. The monoisotopic (exact) mass is 347 g/mol. The quantitative estimate of drug-likeness (QED) is 0.923. The fourth-order valence-corrected chi connectivity index (χ4v) is 3.69. The third kappa shape index (κ3) is 2.85. The van der Waals surface area contributed by atoms with Gasteiger partial charge in [0.15, 0.2) is 0 Å². The van der Waals surface area contributed by atoms with Crippen molar-refractivity contribution in [2.24, 2.45) is 0 Å². The first-order valence-corrected chi connectivity index (χ1v) is 8.26. The van der Waals surface area contributed by atoms with Crippen LogP contribution < -0.4 is 0 Å². The predicted molar refractivity (Wildman–Crippen MR) is 86.5 cm³/mol. The van der Waals surface area contributed by atoms with Gasteiger partial charge in [0.1, 0.15) is 24.1 Å². The molecule has 6 heteroatoms. The molecule has 2 aromatic rings. The summed E-state index contributed by atoms with van der Waals surface area (Å²) in [6.45, 7) is 0.829. The van der Waals surface area contributed by atoms with Crippen molar-refractivity contribution in [3.63, 3.8) is 0 Å². The molecular formula is C19H19F2NO3.